The topological polar surface area (TPSA) is 12.0 Å². The van der Waals surface area contributed by atoms with Crippen LogP contribution in [-0.2, 0) is 6.42 Å². The van der Waals surface area contributed by atoms with Gasteiger partial charge in [0.2, 0.25) is 0 Å². The molecule has 0 aliphatic heterocycles. The number of likely N-dealkylation sites (N-methyl/N-ethyl adjacent to an activating group) is 1. The van der Waals surface area contributed by atoms with Gasteiger partial charge in [-0.15, -0.1) is 0 Å². The maximum absolute atomic E-state index is 13.6. The Morgan fingerprint density at radius 3 is 2.88 bits per heavy atom. The van der Waals surface area contributed by atoms with Gasteiger partial charge in [-0.2, -0.15) is 11.8 Å². The van der Waals surface area contributed by atoms with E-state index in [9.17, 15) is 4.39 Å². The lowest BCUT2D eigenvalue weighted by Gasteiger charge is -2.16. The number of nitrogens with one attached hydrogen (secondary N) is 1. The highest BCUT2D eigenvalue weighted by molar-refractivity contribution is 9.10. The second kappa shape index (κ2) is 8.11. The lowest BCUT2D eigenvalue weighted by molar-refractivity contribution is 0.568. The average molecular weight is 320 g/mol. The van der Waals surface area contributed by atoms with Crippen LogP contribution in [0.2, 0.25) is 0 Å². The van der Waals surface area contributed by atoms with Gasteiger partial charge in [-0.1, -0.05) is 22.9 Å². The van der Waals surface area contributed by atoms with Crippen molar-refractivity contribution in [3.05, 3.63) is 34.1 Å². The first-order valence-corrected chi connectivity index (χ1v) is 7.81. The molecule has 0 spiro atoms. The van der Waals surface area contributed by atoms with Gasteiger partial charge in [-0.25, -0.2) is 4.39 Å². The summed E-state index contributed by atoms with van der Waals surface area (Å²) in [5.41, 5.74) is 0.774. The van der Waals surface area contributed by atoms with Gasteiger partial charge in [0.25, 0.3) is 0 Å². The molecule has 1 aromatic rings. The SMILES string of the molecule is CCCSCC(Cc1cc(Br)ccc1F)NC. The first-order chi connectivity index (χ1) is 8.17. The van der Waals surface area contributed by atoms with Crippen molar-refractivity contribution in [2.75, 3.05) is 18.6 Å². The van der Waals surface area contributed by atoms with Gasteiger partial charge in [0.1, 0.15) is 5.82 Å². The molecule has 96 valence electrons. The molecule has 0 aliphatic rings. The van der Waals surface area contributed by atoms with Gasteiger partial charge in [-0.3, -0.25) is 0 Å². The molecule has 0 heterocycles. The lowest BCUT2D eigenvalue weighted by Crippen LogP contribution is -2.30. The monoisotopic (exact) mass is 319 g/mol. The Morgan fingerprint density at radius 2 is 2.24 bits per heavy atom. The van der Waals surface area contributed by atoms with E-state index in [0.29, 0.717) is 6.04 Å². The highest BCUT2D eigenvalue weighted by atomic mass is 79.9. The quantitative estimate of drug-likeness (QED) is 0.766. The summed E-state index contributed by atoms with van der Waals surface area (Å²) in [5, 5.41) is 3.25. The Kier molecular flexibility index (Phi) is 7.16. The Morgan fingerprint density at radius 1 is 1.47 bits per heavy atom. The van der Waals surface area contributed by atoms with Crippen molar-refractivity contribution in [2.45, 2.75) is 25.8 Å². The van der Waals surface area contributed by atoms with Crippen molar-refractivity contribution >= 4 is 27.7 Å². The van der Waals surface area contributed by atoms with E-state index >= 15 is 0 Å². The van der Waals surface area contributed by atoms with Crippen LogP contribution in [0, 0.1) is 5.82 Å². The first kappa shape index (κ1) is 15.0. The Balaban J connectivity index is 2.57. The molecule has 1 N–H and O–H groups in total. The van der Waals surface area contributed by atoms with E-state index < -0.39 is 0 Å². The minimum atomic E-state index is -0.117. The second-order valence-electron chi connectivity index (χ2n) is 4.00. The number of benzene rings is 1. The van der Waals surface area contributed by atoms with E-state index in [1.807, 2.05) is 24.9 Å². The molecular formula is C13H19BrFNS. The summed E-state index contributed by atoms with van der Waals surface area (Å²) < 4.78 is 14.5. The van der Waals surface area contributed by atoms with Gasteiger partial charge in [0, 0.05) is 16.3 Å². The van der Waals surface area contributed by atoms with E-state index in [1.54, 1.807) is 6.07 Å². The van der Waals surface area contributed by atoms with E-state index in [1.165, 1.54) is 18.2 Å². The highest BCUT2D eigenvalue weighted by Crippen LogP contribution is 2.18. The molecule has 1 rings (SSSR count). The molecule has 4 heteroatoms. The summed E-state index contributed by atoms with van der Waals surface area (Å²) in [5.74, 6) is 2.07. The third-order valence-electron chi connectivity index (χ3n) is 2.55. The molecule has 0 amide bonds. The van der Waals surface area contributed by atoms with Crippen LogP contribution >= 0.6 is 27.7 Å². The Labute approximate surface area is 116 Å². The molecular weight excluding hydrogens is 301 g/mol. The number of rotatable bonds is 7. The summed E-state index contributed by atoms with van der Waals surface area (Å²) in [6.07, 6.45) is 1.92. The summed E-state index contributed by atoms with van der Waals surface area (Å²) >= 11 is 5.30. The predicted molar refractivity (Wildman–Crippen MR) is 78.3 cm³/mol. The molecule has 0 bridgehead atoms. The normalized spacial score (nSPS) is 12.7. The molecule has 1 aromatic carbocycles. The van der Waals surface area contributed by atoms with Crippen molar-refractivity contribution in [2.24, 2.45) is 0 Å². The molecule has 0 aliphatic carbocycles. The molecule has 0 saturated heterocycles. The van der Waals surface area contributed by atoms with E-state index in [4.69, 9.17) is 0 Å². The second-order valence-corrected chi connectivity index (χ2v) is 6.07. The molecule has 0 radical (unpaired) electrons. The van der Waals surface area contributed by atoms with E-state index in [2.05, 4.69) is 28.2 Å². The van der Waals surface area contributed by atoms with Gasteiger partial charge >= 0.3 is 0 Å². The zero-order chi connectivity index (χ0) is 12.7. The van der Waals surface area contributed by atoms with Crippen LogP contribution in [0.25, 0.3) is 0 Å². The molecule has 0 fully saturated rings. The number of halogens is 2. The minimum Gasteiger partial charge on any atom is -0.316 e. The van der Waals surface area contributed by atoms with Crippen molar-refractivity contribution in [3.8, 4) is 0 Å². The molecule has 1 nitrogen and oxygen atoms in total. The molecule has 1 atom stereocenters. The molecule has 1 unspecified atom stereocenters. The van der Waals surface area contributed by atoms with Crippen LogP contribution < -0.4 is 5.32 Å². The maximum Gasteiger partial charge on any atom is 0.126 e. The van der Waals surface area contributed by atoms with Gasteiger partial charge in [0.05, 0.1) is 0 Å². The van der Waals surface area contributed by atoms with Gasteiger partial charge in [0.15, 0.2) is 0 Å². The highest BCUT2D eigenvalue weighted by Gasteiger charge is 2.11. The van der Waals surface area contributed by atoms with Crippen molar-refractivity contribution in [1.82, 2.24) is 5.32 Å². The maximum atomic E-state index is 13.6. The summed E-state index contributed by atoms with van der Waals surface area (Å²) in [7, 11) is 1.94. The molecule has 0 aromatic heterocycles. The summed E-state index contributed by atoms with van der Waals surface area (Å²) in [6.45, 7) is 2.18. The predicted octanol–water partition coefficient (Wildman–Crippen LogP) is 3.86. The van der Waals surface area contributed by atoms with Crippen LogP contribution in [-0.4, -0.2) is 24.6 Å². The van der Waals surface area contributed by atoms with Crippen molar-refractivity contribution in [1.29, 1.82) is 0 Å². The number of hydrogen-bond acceptors (Lipinski definition) is 2. The third-order valence-corrected chi connectivity index (χ3v) is 4.38. The molecule has 0 saturated carbocycles. The Bertz CT molecular complexity index is 346. The summed E-state index contributed by atoms with van der Waals surface area (Å²) in [4.78, 5) is 0. The zero-order valence-corrected chi connectivity index (χ0v) is 12.7. The number of hydrogen-bond donors (Lipinski definition) is 1. The third kappa shape index (κ3) is 5.40. The van der Waals surface area contributed by atoms with Crippen LogP contribution in [0.4, 0.5) is 4.39 Å². The largest absolute Gasteiger partial charge is 0.316 e. The summed E-state index contributed by atoms with van der Waals surface area (Å²) in [6, 6.07) is 5.45. The fraction of sp³-hybridized carbons (Fsp3) is 0.538. The van der Waals surface area contributed by atoms with Crippen molar-refractivity contribution < 1.29 is 4.39 Å². The van der Waals surface area contributed by atoms with Crippen molar-refractivity contribution in [3.63, 3.8) is 0 Å². The number of thioether (sulfide) groups is 1. The zero-order valence-electron chi connectivity index (χ0n) is 10.3. The standard InChI is InChI=1S/C13H19BrFNS/c1-3-6-17-9-12(16-2)8-10-7-11(14)4-5-13(10)15/h4-5,7,12,16H,3,6,8-9H2,1-2H3. The smallest absolute Gasteiger partial charge is 0.126 e. The first-order valence-electron chi connectivity index (χ1n) is 5.86. The van der Waals surface area contributed by atoms with Crippen LogP contribution in [0.15, 0.2) is 22.7 Å². The van der Waals surface area contributed by atoms with Crippen LogP contribution in [0.3, 0.4) is 0 Å². The minimum absolute atomic E-state index is 0.117. The van der Waals surface area contributed by atoms with Gasteiger partial charge < -0.3 is 5.32 Å². The van der Waals surface area contributed by atoms with Crippen LogP contribution in [0.5, 0.6) is 0 Å². The van der Waals surface area contributed by atoms with Crippen LogP contribution in [0.1, 0.15) is 18.9 Å². The fourth-order valence-corrected chi connectivity index (χ4v) is 3.01. The van der Waals surface area contributed by atoms with Gasteiger partial charge in [-0.05, 0) is 49.4 Å². The average Bonchev–Trinajstić information content (AvgIpc) is 2.32. The Hall–Kier alpha value is -0.0600. The lowest BCUT2D eigenvalue weighted by atomic mass is 10.1. The molecule has 17 heavy (non-hydrogen) atoms. The fourth-order valence-electron chi connectivity index (χ4n) is 1.58. The van der Waals surface area contributed by atoms with E-state index in [-0.39, 0.29) is 5.82 Å². The van der Waals surface area contributed by atoms with E-state index in [0.717, 1.165) is 22.2 Å².